The Bertz CT molecular complexity index is 396. The summed E-state index contributed by atoms with van der Waals surface area (Å²) in [7, 11) is 0. The maximum absolute atomic E-state index is 12.2. The van der Waals surface area contributed by atoms with Crippen LogP contribution < -0.4 is 5.73 Å². The average molecular weight is 260 g/mol. The van der Waals surface area contributed by atoms with E-state index < -0.39 is 0 Å². The van der Waals surface area contributed by atoms with Gasteiger partial charge in [0.2, 0.25) is 5.91 Å². The minimum absolute atomic E-state index is 0.128. The van der Waals surface area contributed by atoms with Gasteiger partial charge in [0.15, 0.2) is 0 Å². The summed E-state index contributed by atoms with van der Waals surface area (Å²) in [5.74, 6) is 0.868. The van der Waals surface area contributed by atoms with Crippen LogP contribution in [0.2, 0.25) is 0 Å². The molecular weight excluding hydrogens is 236 g/mol. The van der Waals surface area contributed by atoms with E-state index in [1.54, 1.807) is 0 Å². The summed E-state index contributed by atoms with van der Waals surface area (Å²) in [6, 6.07) is 9.86. The summed E-state index contributed by atoms with van der Waals surface area (Å²) in [5, 5.41) is 0. The summed E-state index contributed by atoms with van der Waals surface area (Å²) in [6.07, 6.45) is 3.82. The molecule has 0 spiro atoms. The first-order chi connectivity index (χ1) is 9.16. The van der Waals surface area contributed by atoms with Gasteiger partial charge < -0.3 is 10.6 Å². The molecule has 2 rings (SSSR count). The molecule has 0 saturated carbocycles. The Labute approximate surface area is 115 Å². The standard InChI is InChI=1S/C16H24N2O/c1-13-9-11-18(12-10-13)16(19)15(17)8-7-14-5-3-2-4-6-14/h2-6,13,15H,7-12,17H2,1H3. The molecule has 1 aliphatic heterocycles. The fourth-order valence-electron chi connectivity index (χ4n) is 2.55. The highest BCUT2D eigenvalue weighted by atomic mass is 16.2. The van der Waals surface area contributed by atoms with E-state index in [1.807, 2.05) is 23.1 Å². The summed E-state index contributed by atoms with van der Waals surface area (Å²) >= 11 is 0. The molecule has 1 aliphatic rings. The molecule has 0 radical (unpaired) electrons. The van der Waals surface area contributed by atoms with Gasteiger partial charge in [0, 0.05) is 13.1 Å². The largest absolute Gasteiger partial charge is 0.341 e. The smallest absolute Gasteiger partial charge is 0.239 e. The number of nitrogens with zero attached hydrogens (tertiary/aromatic N) is 1. The third-order valence-electron chi connectivity index (χ3n) is 4.00. The van der Waals surface area contributed by atoms with Crippen LogP contribution in [0.15, 0.2) is 30.3 Å². The minimum atomic E-state index is -0.353. The minimum Gasteiger partial charge on any atom is -0.341 e. The highest BCUT2D eigenvalue weighted by Gasteiger charge is 2.24. The fraction of sp³-hybridized carbons (Fsp3) is 0.562. The molecule has 2 N–H and O–H groups in total. The van der Waals surface area contributed by atoms with Gasteiger partial charge in [0.25, 0.3) is 0 Å². The van der Waals surface area contributed by atoms with Crippen molar-refractivity contribution in [1.82, 2.24) is 4.90 Å². The summed E-state index contributed by atoms with van der Waals surface area (Å²) in [6.45, 7) is 4.00. The number of nitrogens with two attached hydrogens (primary N) is 1. The number of likely N-dealkylation sites (tertiary alicyclic amines) is 1. The lowest BCUT2D eigenvalue weighted by molar-refractivity contribution is -0.134. The Morgan fingerprint density at radius 2 is 1.95 bits per heavy atom. The molecule has 1 heterocycles. The Morgan fingerprint density at radius 1 is 1.32 bits per heavy atom. The van der Waals surface area contributed by atoms with Crippen LogP contribution in [0.3, 0.4) is 0 Å². The zero-order chi connectivity index (χ0) is 13.7. The monoisotopic (exact) mass is 260 g/mol. The van der Waals surface area contributed by atoms with Crippen LogP contribution >= 0.6 is 0 Å². The van der Waals surface area contributed by atoms with Gasteiger partial charge in [-0.25, -0.2) is 0 Å². The molecule has 1 amide bonds. The average Bonchev–Trinajstić information content (AvgIpc) is 2.46. The molecule has 0 aliphatic carbocycles. The van der Waals surface area contributed by atoms with Crippen LogP contribution in [0.25, 0.3) is 0 Å². The quantitative estimate of drug-likeness (QED) is 0.902. The van der Waals surface area contributed by atoms with Crippen molar-refractivity contribution in [3.8, 4) is 0 Å². The van der Waals surface area contributed by atoms with Crippen molar-refractivity contribution in [2.45, 2.75) is 38.6 Å². The first kappa shape index (κ1) is 14.1. The second-order valence-corrected chi connectivity index (χ2v) is 5.64. The highest BCUT2D eigenvalue weighted by Crippen LogP contribution is 2.17. The Hall–Kier alpha value is -1.35. The molecule has 1 aromatic rings. The number of hydrogen-bond acceptors (Lipinski definition) is 2. The van der Waals surface area contributed by atoms with E-state index in [4.69, 9.17) is 5.73 Å². The highest BCUT2D eigenvalue weighted by molar-refractivity contribution is 5.81. The molecule has 19 heavy (non-hydrogen) atoms. The number of hydrogen-bond donors (Lipinski definition) is 1. The molecule has 104 valence electrons. The summed E-state index contributed by atoms with van der Waals surface area (Å²) in [4.78, 5) is 14.2. The zero-order valence-corrected chi connectivity index (χ0v) is 11.7. The molecule has 3 heteroatoms. The third-order valence-corrected chi connectivity index (χ3v) is 4.00. The maximum atomic E-state index is 12.2. The molecule has 3 nitrogen and oxygen atoms in total. The molecule has 1 unspecified atom stereocenters. The SMILES string of the molecule is CC1CCN(C(=O)C(N)CCc2ccccc2)CC1. The number of piperidine rings is 1. The van der Waals surface area contributed by atoms with E-state index in [2.05, 4.69) is 19.1 Å². The van der Waals surface area contributed by atoms with Gasteiger partial charge >= 0.3 is 0 Å². The lowest BCUT2D eigenvalue weighted by Gasteiger charge is -2.32. The number of benzene rings is 1. The van der Waals surface area contributed by atoms with Gasteiger partial charge in [0.1, 0.15) is 0 Å². The number of rotatable bonds is 4. The van der Waals surface area contributed by atoms with Crippen LogP contribution in [0.1, 0.15) is 31.7 Å². The van der Waals surface area contributed by atoms with Gasteiger partial charge in [0.05, 0.1) is 6.04 Å². The number of carbonyl (C=O) groups excluding carboxylic acids is 1. The maximum Gasteiger partial charge on any atom is 0.239 e. The van der Waals surface area contributed by atoms with Crippen molar-refractivity contribution in [3.05, 3.63) is 35.9 Å². The third kappa shape index (κ3) is 4.06. The first-order valence-corrected chi connectivity index (χ1v) is 7.25. The predicted octanol–water partition coefficient (Wildman–Crippen LogP) is 2.21. The fourth-order valence-corrected chi connectivity index (χ4v) is 2.55. The number of amides is 1. The van der Waals surface area contributed by atoms with Gasteiger partial charge in [-0.1, -0.05) is 37.3 Å². The van der Waals surface area contributed by atoms with E-state index in [9.17, 15) is 4.79 Å². The van der Waals surface area contributed by atoms with Crippen molar-refractivity contribution in [2.75, 3.05) is 13.1 Å². The Kier molecular flexibility index (Phi) is 4.97. The topological polar surface area (TPSA) is 46.3 Å². The van der Waals surface area contributed by atoms with Gasteiger partial charge in [-0.05, 0) is 37.2 Å². The molecule has 1 saturated heterocycles. The van der Waals surface area contributed by atoms with Crippen molar-refractivity contribution in [3.63, 3.8) is 0 Å². The molecular formula is C16H24N2O. The van der Waals surface area contributed by atoms with E-state index >= 15 is 0 Å². The van der Waals surface area contributed by atoms with E-state index in [1.165, 1.54) is 5.56 Å². The van der Waals surface area contributed by atoms with Crippen molar-refractivity contribution in [1.29, 1.82) is 0 Å². The molecule has 0 bridgehead atoms. The zero-order valence-electron chi connectivity index (χ0n) is 11.7. The van der Waals surface area contributed by atoms with Crippen LogP contribution in [-0.4, -0.2) is 29.9 Å². The molecule has 1 aromatic carbocycles. The van der Waals surface area contributed by atoms with Crippen LogP contribution in [0.5, 0.6) is 0 Å². The Balaban J connectivity index is 1.79. The lowest BCUT2D eigenvalue weighted by Crippen LogP contribution is -2.47. The molecule has 1 fully saturated rings. The second kappa shape index (κ2) is 6.71. The van der Waals surface area contributed by atoms with E-state index in [-0.39, 0.29) is 11.9 Å². The van der Waals surface area contributed by atoms with Crippen molar-refractivity contribution in [2.24, 2.45) is 11.7 Å². The number of aryl methyl sites for hydroxylation is 1. The Morgan fingerprint density at radius 3 is 2.58 bits per heavy atom. The summed E-state index contributed by atoms with van der Waals surface area (Å²) in [5.41, 5.74) is 7.29. The second-order valence-electron chi connectivity index (χ2n) is 5.64. The van der Waals surface area contributed by atoms with Gasteiger partial charge in [-0.3, -0.25) is 4.79 Å². The number of carbonyl (C=O) groups is 1. The molecule has 1 atom stereocenters. The normalized spacial score (nSPS) is 18.3. The van der Waals surface area contributed by atoms with Gasteiger partial charge in [-0.2, -0.15) is 0 Å². The summed E-state index contributed by atoms with van der Waals surface area (Å²) < 4.78 is 0. The van der Waals surface area contributed by atoms with Crippen LogP contribution in [-0.2, 0) is 11.2 Å². The van der Waals surface area contributed by atoms with Crippen LogP contribution in [0.4, 0.5) is 0 Å². The van der Waals surface area contributed by atoms with Crippen LogP contribution in [0, 0.1) is 5.92 Å². The van der Waals surface area contributed by atoms with Crippen molar-refractivity contribution < 1.29 is 4.79 Å². The van der Waals surface area contributed by atoms with Crippen molar-refractivity contribution >= 4 is 5.91 Å². The van der Waals surface area contributed by atoms with Gasteiger partial charge in [-0.15, -0.1) is 0 Å². The first-order valence-electron chi connectivity index (χ1n) is 7.25. The predicted molar refractivity (Wildman–Crippen MR) is 77.7 cm³/mol. The lowest BCUT2D eigenvalue weighted by atomic mass is 9.98. The van der Waals surface area contributed by atoms with E-state index in [0.29, 0.717) is 0 Å². The molecule has 0 aromatic heterocycles. The van der Waals surface area contributed by atoms with E-state index in [0.717, 1.165) is 44.7 Å².